The van der Waals surface area contributed by atoms with Gasteiger partial charge in [0.15, 0.2) is 0 Å². The molecule has 1 unspecified atom stereocenters. The molecule has 1 amide bonds. The quantitative estimate of drug-likeness (QED) is 0.390. The fraction of sp³-hybridized carbons (Fsp3) is 0.167. The SMILES string of the molecule is COc1ccc(/C(O)=C2/C(=O)C(=O)N(Cc3cccnc3)C2c2ccccn2)c(C)c1. The Morgan fingerprint density at radius 2 is 1.97 bits per heavy atom. The molecule has 3 aromatic rings. The van der Waals surface area contributed by atoms with Gasteiger partial charge in [-0.05, 0) is 54.4 Å². The second kappa shape index (κ2) is 8.39. The first kappa shape index (κ1) is 20.3. The zero-order valence-electron chi connectivity index (χ0n) is 17.1. The monoisotopic (exact) mass is 415 g/mol. The smallest absolute Gasteiger partial charge is 0.296 e. The molecule has 31 heavy (non-hydrogen) atoms. The fourth-order valence-corrected chi connectivity index (χ4v) is 3.75. The van der Waals surface area contributed by atoms with Crippen molar-refractivity contribution in [2.75, 3.05) is 7.11 Å². The highest BCUT2D eigenvalue weighted by atomic mass is 16.5. The topological polar surface area (TPSA) is 92.6 Å². The standard InChI is InChI=1S/C24H21N3O4/c1-15-12-17(31-2)8-9-18(15)22(28)20-21(19-7-3-4-11-26-19)27(24(30)23(20)29)14-16-6-5-10-25-13-16/h3-13,21,28H,14H2,1-2H3/b22-20-. The molecule has 1 atom stereocenters. The van der Waals surface area contributed by atoms with Gasteiger partial charge in [0, 0.05) is 30.7 Å². The lowest BCUT2D eigenvalue weighted by Gasteiger charge is -2.24. The number of carbonyl (C=O) groups is 2. The van der Waals surface area contributed by atoms with E-state index >= 15 is 0 Å². The zero-order valence-corrected chi connectivity index (χ0v) is 17.1. The van der Waals surface area contributed by atoms with Crippen LogP contribution in [0, 0.1) is 6.92 Å². The minimum atomic E-state index is -0.817. The Hall–Kier alpha value is -4.00. The van der Waals surface area contributed by atoms with Gasteiger partial charge in [0.2, 0.25) is 0 Å². The molecule has 156 valence electrons. The maximum atomic E-state index is 13.1. The van der Waals surface area contributed by atoms with Crippen molar-refractivity contribution in [2.24, 2.45) is 0 Å². The lowest BCUT2D eigenvalue weighted by molar-refractivity contribution is -0.140. The van der Waals surface area contributed by atoms with Crippen LogP contribution in [-0.4, -0.2) is 38.8 Å². The van der Waals surface area contributed by atoms with Crippen LogP contribution in [0.25, 0.3) is 5.76 Å². The van der Waals surface area contributed by atoms with E-state index in [1.165, 1.54) is 4.90 Å². The van der Waals surface area contributed by atoms with Gasteiger partial charge in [-0.3, -0.25) is 19.6 Å². The number of aromatic nitrogens is 2. The third-order valence-corrected chi connectivity index (χ3v) is 5.27. The van der Waals surface area contributed by atoms with Gasteiger partial charge in [-0.1, -0.05) is 12.1 Å². The van der Waals surface area contributed by atoms with Crippen molar-refractivity contribution in [1.29, 1.82) is 0 Å². The lowest BCUT2D eigenvalue weighted by atomic mass is 9.96. The molecular formula is C24H21N3O4. The summed E-state index contributed by atoms with van der Waals surface area (Å²) in [4.78, 5) is 35.9. The minimum Gasteiger partial charge on any atom is -0.507 e. The first-order chi connectivity index (χ1) is 15.0. The third kappa shape index (κ3) is 3.77. The van der Waals surface area contributed by atoms with Gasteiger partial charge in [0.05, 0.1) is 18.4 Å². The Morgan fingerprint density at radius 3 is 2.61 bits per heavy atom. The molecule has 0 spiro atoms. The predicted molar refractivity (Wildman–Crippen MR) is 114 cm³/mol. The van der Waals surface area contributed by atoms with Gasteiger partial charge in [0.1, 0.15) is 17.6 Å². The lowest BCUT2D eigenvalue weighted by Crippen LogP contribution is -2.29. The molecule has 2 aromatic heterocycles. The Labute approximate surface area is 179 Å². The van der Waals surface area contributed by atoms with Crippen molar-refractivity contribution in [3.63, 3.8) is 0 Å². The van der Waals surface area contributed by atoms with Crippen molar-refractivity contribution < 1.29 is 19.4 Å². The van der Waals surface area contributed by atoms with Crippen LogP contribution in [0.4, 0.5) is 0 Å². The van der Waals surface area contributed by atoms with Gasteiger partial charge in [-0.15, -0.1) is 0 Å². The van der Waals surface area contributed by atoms with Crippen LogP contribution in [0.2, 0.25) is 0 Å². The van der Waals surface area contributed by atoms with E-state index in [-0.39, 0.29) is 17.9 Å². The van der Waals surface area contributed by atoms with Crippen molar-refractivity contribution in [2.45, 2.75) is 19.5 Å². The molecule has 1 N–H and O–H groups in total. The molecule has 4 rings (SSSR count). The highest BCUT2D eigenvalue weighted by molar-refractivity contribution is 6.46. The molecule has 3 heterocycles. The summed E-state index contributed by atoms with van der Waals surface area (Å²) < 4.78 is 5.22. The van der Waals surface area contributed by atoms with E-state index in [0.29, 0.717) is 17.0 Å². The predicted octanol–water partition coefficient (Wildman–Crippen LogP) is 3.42. The first-order valence-corrected chi connectivity index (χ1v) is 9.74. The van der Waals surface area contributed by atoms with E-state index in [1.807, 2.05) is 6.07 Å². The van der Waals surface area contributed by atoms with Gasteiger partial charge in [-0.2, -0.15) is 0 Å². The summed E-state index contributed by atoms with van der Waals surface area (Å²) in [5.41, 5.74) is 2.46. The molecule has 7 nitrogen and oxygen atoms in total. The number of methoxy groups -OCH3 is 1. The number of nitrogens with zero attached hydrogens (tertiary/aromatic N) is 3. The number of hydrogen-bond acceptors (Lipinski definition) is 6. The van der Waals surface area contributed by atoms with Crippen LogP contribution in [0.5, 0.6) is 5.75 Å². The summed E-state index contributed by atoms with van der Waals surface area (Å²) in [5.74, 6) is -1.03. The van der Waals surface area contributed by atoms with E-state index in [2.05, 4.69) is 9.97 Å². The number of ether oxygens (including phenoxy) is 1. The first-order valence-electron chi connectivity index (χ1n) is 9.74. The summed E-state index contributed by atoms with van der Waals surface area (Å²) in [6, 6.07) is 13.2. The number of ketones is 1. The Morgan fingerprint density at radius 1 is 1.13 bits per heavy atom. The van der Waals surface area contributed by atoms with Crippen molar-refractivity contribution in [3.05, 3.63) is 95.1 Å². The van der Waals surface area contributed by atoms with Crippen LogP contribution in [-0.2, 0) is 16.1 Å². The average Bonchev–Trinajstić information content (AvgIpc) is 3.04. The molecule has 0 aliphatic carbocycles. The molecule has 1 fully saturated rings. The average molecular weight is 415 g/mol. The number of aliphatic hydroxyl groups is 1. The maximum Gasteiger partial charge on any atom is 0.296 e. The van der Waals surface area contributed by atoms with Crippen LogP contribution >= 0.6 is 0 Å². The summed E-state index contributed by atoms with van der Waals surface area (Å²) >= 11 is 0. The molecule has 1 aliphatic heterocycles. The van der Waals surface area contributed by atoms with E-state index in [4.69, 9.17) is 4.74 Å². The number of carbonyl (C=O) groups excluding carboxylic acids is 2. The number of aryl methyl sites for hydroxylation is 1. The largest absolute Gasteiger partial charge is 0.507 e. The number of pyridine rings is 2. The van der Waals surface area contributed by atoms with Crippen LogP contribution in [0.15, 0.2) is 72.7 Å². The molecule has 1 saturated heterocycles. The second-order valence-electron chi connectivity index (χ2n) is 7.22. The molecule has 1 aliphatic rings. The van der Waals surface area contributed by atoms with Gasteiger partial charge < -0.3 is 14.7 Å². The number of Topliss-reactive ketones (excluding diaryl/α,β-unsaturated/α-hetero) is 1. The van der Waals surface area contributed by atoms with Crippen molar-refractivity contribution in [1.82, 2.24) is 14.9 Å². The van der Waals surface area contributed by atoms with E-state index < -0.39 is 17.7 Å². The highest BCUT2D eigenvalue weighted by Crippen LogP contribution is 2.40. The molecular weight excluding hydrogens is 394 g/mol. The van der Waals surface area contributed by atoms with Crippen LogP contribution in [0.1, 0.15) is 28.4 Å². The molecule has 1 aromatic carbocycles. The van der Waals surface area contributed by atoms with Crippen molar-refractivity contribution in [3.8, 4) is 5.75 Å². The number of aliphatic hydroxyl groups excluding tert-OH is 1. The molecule has 7 heteroatoms. The van der Waals surface area contributed by atoms with Crippen LogP contribution in [0.3, 0.4) is 0 Å². The molecule has 0 saturated carbocycles. The van der Waals surface area contributed by atoms with E-state index in [1.54, 1.807) is 75.1 Å². The zero-order chi connectivity index (χ0) is 22.0. The number of benzene rings is 1. The Kier molecular flexibility index (Phi) is 5.49. The van der Waals surface area contributed by atoms with Gasteiger partial charge in [0.25, 0.3) is 11.7 Å². The Bertz CT molecular complexity index is 1160. The van der Waals surface area contributed by atoms with E-state index in [9.17, 15) is 14.7 Å². The van der Waals surface area contributed by atoms with Gasteiger partial charge in [-0.25, -0.2) is 0 Å². The number of rotatable bonds is 5. The Balaban J connectivity index is 1.86. The fourth-order valence-electron chi connectivity index (χ4n) is 3.75. The van der Waals surface area contributed by atoms with Crippen molar-refractivity contribution >= 4 is 17.4 Å². The van der Waals surface area contributed by atoms with E-state index in [0.717, 1.165) is 11.1 Å². The summed E-state index contributed by atoms with van der Waals surface area (Å²) in [6.07, 6.45) is 4.88. The van der Waals surface area contributed by atoms with Gasteiger partial charge >= 0.3 is 0 Å². The summed E-state index contributed by atoms with van der Waals surface area (Å²) in [6.45, 7) is 1.97. The number of likely N-dealkylation sites (tertiary alicyclic amines) is 1. The highest BCUT2D eigenvalue weighted by Gasteiger charge is 2.46. The summed E-state index contributed by atoms with van der Waals surface area (Å²) in [7, 11) is 1.55. The summed E-state index contributed by atoms with van der Waals surface area (Å²) in [5, 5.41) is 11.2. The molecule has 0 bridgehead atoms. The normalized spacial score (nSPS) is 17.7. The van der Waals surface area contributed by atoms with Crippen LogP contribution < -0.4 is 4.74 Å². The second-order valence-corrected chi connectivity index (χ2v) is 7.22. The number of hydrogen-bond donors (Lipinski definition) is 1. The minimum absolute atomic E-state index is 0.0147. The maximum absolute atomic E-state index is 13.1. The molecule has 0 radical (unpaired) electrons. The number of amides is 1. The third-order valence-electron chi connectivity index (χ3n) is 5.27.